The Morgan fingerprint density at radius 2 is 1.80 bits per heavy atom. The van der Waals surface area contributed by atoms with Crippen molar-refractivity contribution in [2.75, 3.05) is 37.6 Å². The number of anilines is 1. The highest BCUT2D eigenvalue weighted by molar-refractivity contribution is 5.36. The number of hydrogen-bond acceptors (Lipinski definition) is 4. The van der Waals surface area contributed by atoms with Gasteiger partial charge in [0.1, 0.15) is 5.82 Å². The SMILES string of the molecule is CCCC(C)(C)CN1CCN(c2cnc(C)cn2)CC1. The molecule has 0 unspecified atom stereocenters. The predicted octanol–water partition coefficient (Wildman–Crippen LogP) is 2.73. The van der Waals surface area contributed by atoms with Crippen LogP contribution in [-0.2, 0) is 0 Å². The molecule has 0 aromatic carbocycles. The second-order valence-electron chi connectivity index (χ2n) is 6.69. The van der Waals surface area contributed by atoms with E-state index in [-0.39, 0.29) is 0 Å². The Morgan fingerprint density at radius 3 is 2.35 bits per heavy atom. The van der Waals surface area contributed by atoms with Gasteiger partial charge in [0.2, 0.25) is 0 Å². The van der Waals surface area contributed by atoms with E-state index in [1.54, 1.807) is 0 Å². The van der Waals surface area contributed by atoms with Gasteiger partial charge in [0.05, 0.1) is 18.1 Å². The largest absolute Gasteiger partial charge is 0.353 e. The fourth-order valence-corrected chi connectivity index (χ4v) is 3.05. The number of hydrogen-bond donors (Lipinski definition) is 0. The summed E-state index contributed by atoms with van der Waals surface area (Å²) in [6.45, 7) is 14.6. The third-order valence-electron chi connectivity index (χ3n) is 4.04. The van der Waals surface area contributed by atoms with Crippen molar-refractivity contribution in [2.45, 2.75) is 40.5 Å². The van der Waals surface area contributed by atoms with Crippen molar-refractivity contribution in [1.82, 2.24) is 14.9 Å². The van der Waals surface area contributed by atoms with Gasteiger partial charge in [-0.05, 0) is 18.8 Å². The van der Waals surface area contributed by atoms with E-state index < -0.39 is 0 Å². The third kappa shape index (κ3) is 4.17. The van der Waals surface area contributed by atoms with Gasteiger partial charge in [-0.25, -0.2) is 4.98 Å². The standard InChI is InChI=1S/C16H28N4/c1-5-6-16(3,4)13-19-7-9-20(10-8-19)15-12-17-14(2)11-18-15/h11-12H,5-10,13H2,1-4H3. The monoisotopic (exact) mass is 276 g/mol. The fourth-order valence-electron chi connectivity index (χ4n) is 3.05. The maximum Gasteiger partial charge on any atom is 0.147 e. The van der Waals surface area contributed by atoms with Crippen molar-refractivity contribution in [3.8, 4) is 0 Å². The average molecular weight is 276 g/mol. The Kier molecular flexibility index (Phi) is 4.97. The maximum absolute atomic E-state index is 4.48. The van der Waals surface area contributed by atoms with Crippen LogP contribution in [0.5, 0.6) is 0 Å². The van der Waals surface area contributed by atoms with Crippen molar-refractivity contribution in [1.29, 1.82) is 0 Å². The van der Waals surface area contributed by atoms with Gasteiger partial charge in [-0.1, -0.05) is 27.2 Å². The Balaban J connectivity index is 1.84. The number of aromatic nitrogens is 2. The van der Waals surface area contributed by atoms with E-state index in [0.29, 0.717) is 5.41 Å². The maximum atomic E-state index is 4.48. The van der Waals surface area contributed by atoms with Gasteiger partial charge in [0, 0.05) is 32.7 Å². The fraction of sp³-hybridized carbons (Fsp3) is 0.750. The van der Waals surface area contributed by atoms with Crippen LogP contribution >= 0.6 is 0 Å². The summed E-state index contributed by atoms with van der Waals surface area (Å²) in [4.78, 5) is 13.7. The molecule has 0 amide bonds. The summed E-state index contributed by atoms with van der Waals surface area (Å²) in [6, 6.07) is 0. The molecule has 1 aliphatic heterocycles. The molecular formula is C16H28N4. The number of aryl methyl sites for hydroxylation is 1. The molecule has 20 heavy (non-hydrogen) atoms. The van der Waals surface area contributed by atoms with E-state index >= 15 is 0 Å². The van der Waals surface area contributed by atoms with Crippen LogP contribution in [0.2, 0.25) is 0 Å². The van der Waals surface area contributed by atoms with E-state index in [9.17, 15) is 0 Å². The Hall–Kier alpha value is -1.16. The Bertz CT molecular complexity index is 405. The highest BCUT2D eigenvalue weighted by Gasteiger charge is 2.24. The first-order valence-electron chi connectivity index (χ1n) is 7.76. The molecule has 4 nitrogen and oxygen atoms in total. The molecule has 112 valence electrons. The van der Waals surface area contributed by atoms with Crippen molar-refractivity contribution in [3.63, 3.8) is 0 Å². The van der Waals surface area contributed by atoms with E-state index in [1.807, 2.05) is 19.3 Å². The van der Waals surface area contributed by atoms with Crippen molar-refractivity contribution < 1.29 is 0 Å². The first-order valence-corrected chi connectivity index (χ1v) is 7.76. The van der Waals surface area contributed by atoms with Crippen LogP contribution in [0.15, 0.2) is 12.4 Å². The Labute approximate surface area is 123 Å². The third-order valence-corrected chi connectivity index (χ3v) is 4.04. The Morgan fingerprint density at radius 1 is 1.10 bits per heavy atom. The lowest BCUT2D eigenvalue weighted by molar-refractivity contribution is 0.160. The zero-order chi connectivity index (χ0) is 14.6. The molecule has 1 aromatic heterocycles. The van der Waals surface area contributed by atoms with E-state index in [2.05, 4.69) is 40.5 Å². The molecule has 0 spiro atoms. The first-order chi connectivity index (χ1) is 9.50. The number of piperazine rings is 1. The van der Waals surface area contributed by atoms with Crippen molar-refractivity contribution in [2.24, 2.45) is 5.41 Å². The van der Waals surface area contributed by atoms with Crippen LogP contribution in [0.1, 0.15) is 39.3 Å². The van der Waals surface area contributed by atoms with Gasteiger partial charge in [-0.3, -0.25) is 9.88 Å². The van der Waals surface area contributed by atoms with E-state index in [1.165, 1.54) is 19.4 Å². The molecular weight excluding hydrogens is 248 g/mol. The summed E-state index contributed by atoms with van der Waals surface area (Å²) < 4.78 is 0. The second-order valence-corrected chi connectivity index (χ2v) is 6.69. The van der Waals surface area contributed by atoms with Crippen LogP contribution in [0.25, 0.3) is 0 Å². The predicted molar refractivity (Wildman–Crippen MR) is 84.1 cm³/mol. The summed E-state index contributed by atoms with van der Waals surface area (Å²) in [5.74, 6) is 1.02. The summed E-state index contributed by atoms with van der Waals surface area (Å²) in [7, 11) is 0. The highest BCUT2D eigenvalue weighted by Crippen LogP contribution is 2.24. The lowest BCUT2D eigenvalue weighted by Crippen LogP contribution is -2.49. The molecule has 0 saturated carbocycles. The average Bonchev–Trinajstić information content (AvgIpc) is 2.40. The van der Waals surface area contributed by atoms with Crippen molar-refractivity contribution >= 4 is 5.82 Å². The van der Waals surface area contributed by atoms with Gasteiger partial charge in [-0.2, -0.15) is 0 Å². The summed E-state index contributed by atoms with van der Waals surface area (Å²) >= 11 is 0. The molecule has 1 aromatic rings. The molecule has 0 atom stereocenters. The summed E-state index contributed by atoms with van der Waals surface area (Å²) in [6.07, 6.45) is 6.32. The topological polar surface area (TPSA) is 32.3 Å². The minimum atomic E-state index is 0.431. The first kappa shape index (κ1) is 15.2. The van der Waals surface area contributed by atoms with Crippen LogP contribution in [0, 0.1) is 12.3 Å². The van der Waals surface area contributed by atoms with Gasteiger partial charge < -0.3 is 4.90 Å². The molecule has 0 radical (unpaired) electrons. The zero-order valence-electron chi connectivity index (χ0n) is 13.4. The van der Waals surface area contributed by atoms with Crippen molar-refractivity contribution in [3.05, 3.63) is 18.1 Å². The molecule has 4 heteroatoms. The molecule has 2 heterocycles. The molecule has 1 aliphatic rings. The number of rotatable bonds is 5. The quantitative estimate of drug-likeness (QED) is 0.828. The van der Waals surface area contributed by atoms with Crippen LogP contribution in [0.4, 0.5) is 5.82 Å². The molecule has 1 saturated heterocycles. The van der Waals surface area contributed by atoms with E-state index in [4.69, 9.17) is 0 Å². The van der Waals surface area contributed by atoms with Gasteiger partial charge in [-0.15, -0.1) is 0 Å². The molecule has 1 fully saturated rings. The normalized spacial score (nSPS) is 17.5. The lowest BCUT2D eigenvalue weighted by atomic mass is 9.87. The van der Waals surface area contributed by atoms with Gasteiger partial charge in [0.25, 0.3) is 0 Å². The van der Waals surface area contributed by atoms with Gasteiger partial charge >= 0.3 is 0 Å². The zero-order valence-corrected chi connectivity index (χ0v) is 13.4. The molecule has 0 N–H and O–H groups in total. The highest BCUT2D eigenvalue weighted by atomic mass is 15.3. The molecule has 0 bridgehead atoms. The minimum Gasteiger partial charge on any atom is -0.353 e. The van der Waals surface area contributed by atoms with E-state index in [0.717, 1.165) is 37.7 Å². The number of nitrogens with zero attached hydrogens (tertiary/aromatic N) is 4. The summed E-state index contributed by atoms with van der Waals surface area (Å²) in [5, 5.41) is 0. The summed E-state index contributed by atoms with van der Waals surface area (Å²) in [5.41, 5.74) is 1.41. The lowest BCUT2D eigenvalue weighted by Gasteiger charge is -2.39. The molecule has 0 aliphatic carbocycles. The molecule has 2 rings (SSSR count). The minimum absolute atomic E-state index is 0.431. The second kappa shape index (κ2) is 6.53. The van der Waals surface area contributed by atoms with Crippen LogP contribution < -0.4 is 4.90 Å². The smallest absolute Gasteiger partial charge is 0.147 e. The van der Waals surface area contributed by atoms with Crippen LogP contribution in [-0.4, -0.2) is 47.6 Å². The van der Waals surface area contributed by atoms with Crippen LogP contribution in [0.3, 0.4) is 0 Å². The van der Waals surface area contributed by atoms with Gasteiger partial charge in [0.15, 0.2) is 0 Å².